The van der Waals surface area contributed by atoms with E-state index in [-0.39, 0.29) is 23.2 Å². The van der Waals surface area contributed by atoms with Gasteiger partial charge in [0.25, 0.3) is 0 Å². The van der Waals surface area contributed by atoms with Crippen molar-refractivity contribution in [1.82, 2.24) is 10.6 Å². The number of rotatable bonds is 6. The van der Waals surface area contributed by atoms with Gasteiger partial charge in [0.15, 0.2) is 15.8 Å². The van der Waals surface area contributed by atoms with Gasteiger partial charge in [-0.3, -0.25) is 4.99 Å². The van der Waals surface area contributed by atoms with Crippen LogP contribution in [0, 0.1) is 11.7 Å². The summed E-state index contributed by atoms with van der Waals surface area (Å²) in [6.45, 7) is 3.74. The SMILES string of the molecule is CCNC(=NCC1CCS(=O)(=O)C1)NCCc1ccccc1F. The van der Waals surface area contributed by atoms with E-state index in [1.807, 2.05) is 13.0 Å². The number of guanidine groups is 1. The summed E-state index contributed by atoms with van der Waals surface area (Å²) in [5.41, 5.74) is 0.665. The molecular weight excluding hydrogens is 317 g/mol. The van der Waals surface area contributed by atoms with Gasteiger partial charge in [-0.1, -0.05) is 18.2 Å². The lowest BCUT2D eigenvalue weighted by atomic mass is 10.1. The molecule has 0 aromatic heterocycles. The summed E-state index contributed by atoms with van der Waals surface area (Å²) < 4.78 is 36.5. The molecule has 5 nitrogen and oxygen atoms in total. The lowest BCUT2D eigenvalue weighted by molar-refractivity contribution is 0.589. The first-order chi connectivity index (χ1) is 11.0. The number of nitrogens with one attached hydrogen (secondary N) is 2. The van der Waals surface area contributed by atoms with E-state index in [2.05, 4.69) is 15.6 Å². The summed E-state index contributed by atoms with van der Waals surface area (Å²) in [5, 5.41) is 6.29. The summed E-state index contributed by atoms with van der Waals surface area (Å²) in [4.78, 5) is 4.45. The number of hydrogen-bond acceptors (Lipinski definition) is 3. The maximum absolute atomic E-state index is 13.6. The number of nitrogens with zero attached hydrogens (tertiary/aromatic N) is 1. The van der Waals surface area contributed by atoms with Crippen molar-refractivity contribution >= 4 is 15.8 Å². The standard InChI is InChI=1S/C16H24FN3O2S/c1-2-18-16(20-11-13-8-10-23(21,22)12-13)19-9-7-14-5-3-4-6-15(14)17/h3-6,13H,2,7-12H2,1H3,(H2,18,19,20). The molecule has 1 saturated heterocycles. The average Bonchev–Trinajstić information content (AvgIpc) is 2.86. The molecule has 1 aromatic carbocycles. The van der Waals surface area contributed by atoms with E-state index in [4.69, 9.17) is 0 Å². The number of hydrogen-bond donors (Lipinski definition) is 2. The average molecular weight is 341 g/mol. The van der Waals surface area contributed by atoms with Crippen molar-refractivity contribution in [2.45, 2.75) is 19.8 Å². The zero-order chi connectivity index (χ0) is 16.7. The first kappa shape index (κ1) is 17.7. The van der Waals surface area contributed by atoms with Crippen molar-refractivity contribution in [3.05, 3.63) is 35.6 Å². The van der Waals surface area contributed by atoms with E-state index in [1.54, 1.807) is 12.1 Å². The molecule has 1 aromatic rings. The predicted molar refractivity (Wildman–Crippen MR) is 90.8 cm³/mol. The Labute approximate surface area is 137 Å². The molecule has 1 aliphatic heterocycles. The van der Waals surface area contributed by atoms with Gasteiger partial charge >= 0.3 is 0 Å². The fourth-order valence-corrected chi connectivity index (χ4v) is 4.44. The summed E-state index contributed by atoms with van der Waals surface area (Å²) in [7, 11) is -2.87. The smallest absolute Gasteiger partial charge is 0.191 e. The molecule has 0 amide bonds. The van der Waals surface area contributed by atoms with E-state index < -0.39 is 9.84 Å². The van der Waals surface area contributed by atoms with Crippen molar-refractivity contribution in [3.63, 3.8) is 0 Å². The fourth-order valence-electron chi connectivity index (χ4n) is 2.59. The molecule has 1 aliphatic rings. The molecule has 1 fully saturated rings. The largest absolute Gasteiger partial charge is 0.357 e. The molecule has 1 atom stereocenters. The Morgan fingerprint density at radius 2 is 2.13 bits per heavy atom. The monoisotopic (exact) mass is 341 g/mol. The Morgan fingerprint density at radius 3 is 2.78 bits per heavy atom. The summed E-state index contributed by atoms with van der Waals surface area (Å²) in [6, 6.07) is 6.71. The number of halogens is 1. The van der Waals surface area contributed by atoms with Crippen LogP contribution in [0.1, 0.15) is 18.9 Å². The molecule has 2 N–H and O–H groups in total. The highest BCUT2D eigenvalue weighted by Crippen LogP contribution is 2.18. The third kappa shape index (κ3) is 5.82. The van der Waals surface area contributed by atoms with Crippen LogP contribution in [0.4, 0.5) is 4.39 Å². The van der Waals surface area contributed by atoms with E-state index in [0.717, 1.165) is 0 Å². The molecule has 0 aliphatic carbocycles. The Bertz CT molecular complexity index is 646. The molecule has 7 heteroatoms. The van der Waals surface area contributed by atoms with Crippen LogP contribution in [-0.4, -0.2) is 45.5 Å². The minimum absolute atomic E-state index is 0.0991. The maximum Gasteiger partial charge on any atom is 0.191 e. The molecule has 23 heavy (non-hydrogen) atoms. The second kappa shape index (κ2) is 8.29. The Morgan fingerprint density at radius 1 is 1.35 bits per heavy atom. The first-order valence-corrected chi connectivity index (χ1v) is 9.78. The van der Waals surface area contributed by atoms with Crippen LogP contribution in [-0.2, 0) is 16.3 Å². The maximum atomic E-state index is 13.6. The van der Waals surface area contributed by atoms with Gasteiger partial charge in [0.05, 0.1) is 11.5 Å². The topological polar surface area (TPSA) is 70.6 Å². The number of benzene rings is 1. The van der Waals surface area contributed by atoms with Gasteiger partial charge in [0, 0.05) is 19.6 Å². The first-order valence-electron chi connectivity index (χ1n) is 7.96. The summed E-state index contributed by atoms with van der Waals surface area (Å²) in [5.74, 6) is 1.04. The minimum atomic E-state index is -2.87. The molecular formula is C16H24FN3O2S. The Kier molecular flexibility index (Phi) is 6.38. The van der Waals surface area contributed by atoms with Crippen LogP contribution in [0.2, 0.25) is 0 Å². The minimum Gasteiger partial charge on any atom is -0.357 e. The molecule has 0 spiro atoms. The highest BCUT2D eigenvalue weighted by atomic mass is 32.2. The Balaban J connectivity index is 1.83. The molecule has 0 saturated carbocycles. The normalized spacial score (nSPS) is 20.4. The van der Waals surface area contributed by atoms with Crippen molar-refractivity contribution in [2.24, 2.45) is 10.9 Å². The van der Waals surface area contributed by atoms with Crippen molar-refractivity contribution in [1.29, 1.82) is 0 Å². The van der Waals surface area contributed by atoms with Gasteiger partial charge < -0.3 is 10.6 Å². The van der Waals surface area contributed by atoms with Gasteiger partial charge in [0.1, 0.15) is 5.82 Å². The highest BCUT2D eigenvalue weighted by Gasteiger charge is 2.27. The number of sulfone groups is 1. The molecule has 1 heterocycles. The van der Waals surface area contributed by atoms with Crippen LogP contribution in [0.25, 0.3) is 0 Å². The molecule has 0 bridgehead atoms. The summed E-state index contributed by atoms with van der Waals surface area (Å²) >= 11 is 0. The van der Waals surface area contributed by atoms with Crippen molar-refractivity contribution < 1.29 is 12.8 Å². The second-order valence-corrected chi connectivity index (χ2v) is 7.99. The third-order valence-corrected chi connectivity index (χ3v) is 5.66. The van der Waals surface area contributed by atoms with Crippen LogP contribution in [0.5, 0.6) is 0 Å². The quantitative estimate of drug-likeness (QED) is 0.605. The van der Waals surface area contributed by atoms with Gasteiger partial charge in [0.2, 0.25) is 0 Å². The Hall–Kier alpha value is -1.63. The van der Waals surface area contributed by atoms with Crippen molar-refractivity contribution in [2.75, 3.05) is 31.1 Å². The third-order valence-electron chi connectivity index (χ3n) is 3.82. The zero-order valence-corrected chi connectivity index (χ0v) is 14.2. The molecule has 128 valence electrons. The van der Waals surface area contributed by atoms with E-state index >= 15 is 0 Å². The number of aliphatic imine (C=N–C) groups is 1. The van der Waals surface area contributed by atoms with Crippen LogP contribution < -0.4 is 10.6 Å². The van der Waals surface area contributed by atoms with Gasteiger partial charge in [-0.15, -0.1) is 0 Å². The van der Waals surface area contributed by atoms with Gasteiger partial charge in [-0.2, -0.15) is 0 Å². The highest BCUT2D eigenvalue weighted by molar-refractivity contribution is 7.91. The van der Waals surface area contributed by atoms with E-state index in [9.17, 15) is 12.8 Å². The van der Waals surface area contributed by atoms with Crippen LogP contribution in [0.3, 0.4) is 0 Å². The lowest BCUT2D eigenvalue weighted by Crippen LogP contribution is -2.38. The molecule has 1 unspecified atom stereocenters. The van der Waals surface area contributed by atoms with Crippen LogP contribution >= 0.6 is 0 Å². The van der Waals surface area contributed by atoms with E-state index in [0.29, 0.717) is 44.0 Å². The van der Waals surface area contributed by atoms with Gasteiger partial charge in [-0.25, -0.2) is 12.8 Å². The van der Waals surface area contributed by atoms with Crippen molar-refractivity contribution in [3.8, 4) is 0 Å². The summed E-state index contributed by atoms with van der Waals surface area (Å²) in [6.07, 6.45) is 1.25. The molecule has 0 radical (unpaired) electrons. The second-order valence-electron chi connectivity index (χ2n) is 5.76. The predicted octanol–water partition coefficient (Wildman–Crippen LogP) is 1.36. The molecule has 2 rings (SSSR count). The zero-order valence-electron chi connectivity index (χ0n) is 13.4. The van der Waals surface area contributed by atoms with Crippen LogP contribution in [0.15, 0.2) is 29.3 Å². The lowest BCUT2D eigenvalue weighted by Gasteiger charge is -2.12. The fraction of sp³-hybridized carbons (Fsp3) is 0.562. The van der Waals surface area contributed by atoms with Gasteiger partial charge in [-0.05, 0) is 37.3 Å². The van der Waals surface area contributed by atoms with E-state index in [1.165, 1.54) is 6.07 Å².